The first-order valence-corrected chi connectivity index (χ1v) is 21.0. The summed E-state index contributed by atoms with van der Waals surface area (Å²) in [5.41, 5.74) is 15.7. The summed E-state index contributed by atoms with van der Waals surface area (Å²) < 4.78 is 6.17. The number of hydrogen-bond donors (Lipinski definition) is 0. The van der Waals surface area contributed by atoms with Crippen molar-refractivity contribution in [3.63, 3.8) is 0 Å². The molecule has 0 aliphatic carbocycles. The number of nitrogens with zero attached hydrogens (tertiary/aromatic N) is 5. The fourth-order valence-corrected chi connectivity index (χ4v) is 8.50. The van der Waals surface area contributed by atoms with E-state index < -0.39 is 0 Å². The molecule has 0 unspecified atom stereocenters. The molecule has 6 nitrogen and oxygen atoms in total. The highest BCUT2D eigenvalue weighted by Gasteiger charge is 2.16. The SMILES string of the molecule is c1ccc(-c2ccc(-c3nc(-c4ccccc4)nc(-c4cccc(-c5cccc(-c6ccc(-c7ccc8c(ccc9oc%10nc%11ccccc%11nc%10c98)c7)cc6)c5)c4)n3)cc2)cc1. The number of rotatable bonds is 7. The van der Waals surface area contributed by atoms with Crippen molar-refractivity contribution in [2.45, 2.75) is 0 Å². The molecule has 0 spiro atoms. The standard InChI is InChI=1S/C57H35N5O/c1-3-11-36(12-4-1)37-25-27-41(28-26-37)55-60-54(40-13-5-2-6-14-40)61-56(62-55)47-18-10-17-44(35-47)43-16-9-15-42(33-43)38-21-23-39(24-22-38)45-29-31-48-46(34-45)30-32-51-52(48)53-57(63-51)59-50-20-8-7-19-49(50)58-53/h1-35H. The van der Waals surface area contributed by atoms with Gasteiger partial charge in [0.1, 0.15) is 11.1 Å². The third kappa shape index (κ3) is 6.76. The molecule has 9 aromatic carbocycles. The van der Waals surface area contributed by atoms with Gasteiger partial charge in [0.2, 0.25) is 5.71 Å². The van der Waals surface area contributed by atoms with Crippen molar-refractivity contribution in [3.05, 3.63) is 212 Å². The number of benzene rings is 9. The minimum Gasteiger partial charge on any atom is -0.436 e. The smallest absolute Gasteiger partial charge is 0.246 e. The van der Waals surface area contributed by atoms with Crippen molar-refractivity contribution in [1.82, 2.24) is 24.9 Å². The van der Waals surface area contributed by atoms with E-state index in [9.17, 15) is 0 Å². The van der Waals surface area contributed by atoms with E-state index in [0.29, 0.717) is 23.2 Å². The van der Waals surface area contributed by atoms with E-state index in [1.165, 1.54) is 5.56 Å². The molecular formula is C57H35N5O. The van der Waals surface area contributed by atoms with E-state index in [0.717, 1.165) is 93.9 Å². The van der Waals surface area contributed by atoms with E-state index in [-0.39, 0.29) is 0 Å². The summed E-state index contributed by atoms with van der Waals surface area (Å²) in [5, 5.41) is 3.21. The van der Waals surface area contributed by atoms with Gasteiger partial charge >= 0.3 is 0 Å². The van der Waals surface area contributed by atoms with Gasteiger partial charge in [-0.15, -0.1) is 0 Å². The summed E-state index contributed by atoms with van der Waals surface area (Å²) in [5.74, 6) is 1.89. The maximum Gasteiger partial charge on any atom is 0.246 e. The van der Waals surface area contributed by atoms with Crippen LogP contribution in [0.25, 0.3) is 123 Å². The van der Waals surface area contributed by atoms with Crippen molar-refractivity contribution < 1.29 is 4.42 Å². The van der Waals surface area contributed by atoms with Crippen LogP contribution in [-0.4, -0.2) is 24.9 Å². The molecule has 0 saturated carbocycles. The number of aromatic nitrogens is 5. The molecule has 0 bridgehead atoms. The van der Waals surface area contributed by atoms with Gasteiger partial charge in [-0.1, -0.05) is 176 Å². The number of furan rings is 1. The van der Waals surface area contributed by atoms with Gasteiger partial charge in [0.05, 0.1) is 16.4 Å². The monoisotopic (exact) mass is 805 g/mol. The molecule has 3 heterocycles. The van der Waals surface area contributed by atoms with Crippen molar-refractivity contribution in [2.75, 3.05) is 0 Å². The predicted octanol–water partition coefficient (Wildman–Crippen LogP) is 14.5. The Labute approximate surface area is 362 Å². The lowest BCUT2D eigenvalue weighted by atomic mass is 9.95. The molecule has 0 radical (unpaired) electrons. The molecule has 3 aromatic heterocycles. The molecular weight excluding hydrogens is 771 g/mol. The molecule has 63 heavy (non-hydrogen) atoms. The van der Waals surface area contributed by atoms with Gasteiger partial charge in [-0.3, -0.25) is 0 Å². The topological polar surface area (TPSA) is 77.6 Å². The fraction of sp³-hybridized carbons (Fsp3) is 0. The third-order valence-electron chi connectivity index (χ3n) is 11.7. The molecule has 6 heteroatoms. The molecule has 294 valence electrons. The molecule has 0 saturated heterocycles. The largest absolute Gasteiger partial charge is 0.436 e. The van der Waals surface area contributed by atoms with Crippen LogP contribution in [-0.2, 0) is 0 Å². The normalized spacial score (nSPS) is 11.5. The van der Waals surface area contributed by atoms with Crippen LogP contribution in [0, 0.1) is 0 Å². The third-order valence-corrected chi connectivity index (χ3v) is 11.7. The number of fused-ring (bicyclic) bond motifs is 6. The van der Waals surface area contributed by atoms with Gasteiger partial charge in [0.25, 0.3) is 0 Å². The Bertz CT molecular complexity index is 3660. The van der Waals surface area contributed by atoms with Crippen molar-refractivity contribution in [2.24, 2.45) is 0 Å². The first kappa shape index (κ1) is 36.3. The highest BCUT2D eigenvalue weighted by atomic mass is 16.3. The van der Waals surface area contributed by atoms with Gasteiger partial charge < -0.3 is 4.42 Å². The summed E-state index contributed by atoms with van der Waals surface area (Å²) in [6.07, 6.45) is 0. The zero-order chi connectivity index (χ0) is 41.7. The predicted molar refractivity (Wildman–Crippen MR) is 256 cm³/mol. The van der Waals surface area contributed by atoms with Crippen molar-refractivity contribution in [1.29, 1.82) is 0 Å². The van der Waals surface area contributed by atoms with Gasteiger partial charge in [0, 0.05) is 16.7 Å². The molecule has 0 N–H and O–H groups in total. The van der Waals surface area contributed by atoms with Crippen LogP contribution in [0.1, 0.15) is 0 Å². The lowest BCUT2D eigenvalue weighted by Crippen LogP contribution is -2.00. The Kier molecular flexibility index (Phi) is 8.71. The fourth-order valence-electron chi connectivity index (χ4n) is 8.50. The van der Waals surface area contributed by atoms with Crippen LogP contribution < -0.4 is 0 Å². The van der Waals surface area contributed by atoms with Crippen LogP contribution >= 0.6 is 0 Å². The van der Waals surface area contributed by atoms with Gasteiger partial charge in [-0.25, -0.2) is 24.9 Å². The lowest BCUT2D eigenvalue weighted by molar-refractivity contribution is 0.655. The van der Waals surface area contributed by atoms with Gasteiger partial charge in [0.15, 0.2) is 17.5 Å². The van der Waals surface area contributed by atoms with E-state index in [1.807, 2.05) is 66.7 Å². The average molecular weight is 806 g/mol. The Morgan fingerprint density at radius 2 is 0.714 bits per heavy atom. The first-order valence-electron chi connectivity index (χ1n) is 21.0. The summed E-state index contributed by atoms with van der Waals surface area (Å²) in [6.45, 7) is 0. The summed E-state index contributed by atoms with van der Waals surface area (Å²) in [7, 11) is 0. The van der Waals surface area contributed by atoms with Gasteiger partial charge in [-0.05, 0) is 91.7 Å². The number of hydrogen-bond acceptors (Lipinski definition) is 6. The Hall–Kier alpha value is -8.61. The Morgan fingerprint density at radius 3 is 1.37 bits per heavy atom. The molecule has 0 amide bonds. The van der Waals surface area contributed by atoms with Gasteiger partial charge in [-0.2, -0.15) is 0 Å². The summed E-state index contributed by atoms with van der Waals surface area (Å²) >= 11 is 0. The first-order chi connectivity index (χ1) is 31.2. The zero-order valence-electron chi connectivity index (χ0n) is 33.9. The van der Waals surface area contributed by atoms with Crippen molar-refractivity contribution in [3.8, 4) is 78.7 Å². The van der Waals surface area contributed by atoms with Crippen LogP contribution in [0.5, 0.6) is 0 Å². The highest BCUT2D eigenvalue weighted by molar-refractivity contribution is 6.18. The highest BCUT2D eigenvalue weighted by Crippen LogP contribution is 2.37. The van der Waals surface area contributed by atoms with E-state index in [2.05, 4.69) is 146 Å². The van der Waals surface area contributed by atoms with Crippen molar-refractivity contribution >= 4 is 44.0 Å². The molecule has 0 fully saturated rings. The van der Waals surface area contributed by atoms with E-state index in [1.54, 1.807) is 0 Å². The summed E-state index contributed by atoms with van der Waals surface area (Å²) in [6, 6.07) is 73.5. The molecule has 0 aliphatic rings. The Balaban J connectivity index is 0.844. The minimum absolute atomic E-state index is 0.559. The van der Waals surface area contributed by atoms with E-state index >= 15 is 0 Å². The van der Waals surface area contributed by atoms with Crippen LogP contribution in [0.2, 0.25) is 0 Å². The Morgan fingerprint density at radius 1 is 0.286 bits per heavy atom. The second-order valence-corrected chi connectivity index (χ2v) is 15.7. The molecule has 12 rings (SSSR count). The lowest BCUT2D eigenvalue weighted by Gasteiger charge is -2.11. The quantitative estimate of drug-likeness (QED) is 0.160. The van der Waals surface area contributed by atoms with Crippen LogP contribution in [0.4, 0.5) is 0 Å². The van der Waals surface area contributed by atoms with E-state index in [4.69, 9.17) is 29.3 Å². The molecule has 12 aromatic rings. The number of para-hydroxylation sites is 2. The molecule has 0 aliphatic heterocycles. The summed E-state index contributed by atoms with van der Waals surface area (Å²) in [4.78, 5) is 24.7. The minimum atomic E-state index is 0.559. The molecule has 0 atom stereocenters. The average Bonchev–Trinajstić information content (AvgIpc) is 3.74. The zero-order valence-corrected chi connectivity index (χ0v) is 33.9. The van der Waals surface area contributed by atoms with Crippen LogP contribution in [0.15, 0.2) is 217 Å². The second-order valence-electron chi connectivity index (χ2n) is 15.7. The maximum absolute atomic E-state index is 6.17. The maximum atomic E-state index is 6.17. The van der Waals surface area contributed by atoms with Crippen LogP contribution in [0.3, 0.4) is 0 Å². The second kappa shape index (κ2) is 15.1.